The largest absolute Gasteiger partial charge is 0.480 e. The van der Waals surface area contributed by atoms with Crippen molar-refractivity contribution in [3.05, 3.63) is 71.8 Å². The zero-order chi connectivity index (χ0) is 23.3. The third kappa shape index (κ3) is 9.43. The van der Waals surface area contributed by atoms with Crippen LogP contribution in [0.2, 0.25) is 0 Å². The zero-order valence-corrected chi connectivity index (χ0v) is 19.1. The van der Waals surface area contributed by atoms with Crippen LogP contribution in [0, 0.1) is 5.92 Å². The fourth-order valence-electron chi connectivity index (χ4n) is 2.92. The normalized spacial score (nSPS) is 12.6. The molecule has 2 aromatic rings. The van der Waals surface area contributed by atoms with E-state index in [-0.39, 0.29) is 18.3 Å². The first-order chi connectivity index (χ1) is 15.3. The van der Waals surface area contributed by atoms with Crippen molar-refractivity contribution in [3.63, 3.8) is 0 Å². The molecule has 0 bridgehead atoms. The Morgan fingerprint density at radius 3 is 2.06 bits per heavy atom. The topological polar surface area (TPSA) is 105 Å². The fraction of sp³-hybridized carbons (Fsp3) is 0.375. The van der Waals surface area contributed by atoms with Gasteiger partial charge >= 0.3 is 12.1 Å². The molecule has 7 nitrogen and oxygen atoms in total. The van der Waals surface area contributed by atoms with Crippen molar-refractivity contribution in [2.45, 2.75) is 44.7 Å². The molecule has 2 rings (SSSR count). The first-order valence-electron chi connectivity index (χ1n) is 10.5. The van der Waals surface area contributed by atoms with Gasteiger partial charge in [-0.1, -0.05) is 74.5 Å². The summed E-state index contributed by atoms with van der Waals surface area (Å²) in [6, 6.07) is 17.0. The van der Waals surface area contributed by atoms with E-state index in [1.54, 1.807) is 0 Å². The van der Waals surface area contributed by atoms with Crippen molar-refractivity contribution >= 4 is 29.7 Å². The molecule has 0 aliphatic rings. The Kier molecular flexibility index (Phi) is 10.6. The summed E-state index contributed by atoms with van der Waals surface area (Å²) in [6.45, 7) is 3.84. The van der Waals surface area contributed by atoms with Gasteiger partial charge in [0.2, 0.25) is 5.91 Å². The molecule has 2 amide bonds. The van der Waals surface area contributed by atoms with Crippen LogP contribution in [0.15, 0.2) is 60.7 Å². The van der Waals surface area contributed by atoms with Crippen LogP contribution in [-0.2, 0) is 26.7 Å². The Bertz CT molecular complexity index is 861. The number of benzene rings is 2. The molecule has 0 saturated heterocycles. The summed E-state index contributed by atoms with van der Waals surface area (Å²) in [4.78, 5) is 36.7. The van der Waals surface area contributed by atoms with Crippen LogP contribution in [0.25, 0.3) is 0 Å². The number of carbonyl (C=O) groups is 3. The number of nitrogens with one attached hydrogen (secondary N) is 2. The molecule has 3 N–H and O–H groups in total. The standard InChI is InChI=1S/C24H30N2O5S/c1-17(2)13-20(23(28)29)25-22(27)21(16-32-15-19-11-7-4-8-12-19)26-24(30)31-14-18-9-5-3-6-10-18/h3-12,17,20-21H,13-16H2,1-2H3,(H,25,27)(H,26,30)(H,28,29)/t20-,21+/m0/s1. The highest BCUT2D eigenvalue weighted by molar-refractivity contribution is 7.98. The molecule has 2 atom stereocenters. The average molecular weight is 459 g/mol. The highest BCUT2D eigenvalue weighted by Crippen LogP contribution is 2.14. The van der Waals surface area contributed by atoms with Gasteiger partial charge in [-0.2, -0.15) is 11.8 Å². The molecule has 0 aliphatic carbocycles. The number of thioether (sulfide) groups is 1. The van der Waals surface area contributed by atoms with Crippen LogP contribution in [0.5, 0.6) is 0 Å². The maximum Gasteiger partial charge on any atom is 0.408 e. The number of amides is 2. The first kappa shape index (κ1) is 25.3. The second-order valence-electron chi connectivity index (χ2n) is 7.79. The van der Waals surface area contributed by atoms with Crippen LogP contribution in [0.3, 0.4) is 0 Å². The summed E-state index contributed by atoms with van der Waals surface area (Å²) >= 11 is 1.47. The Labute approximate surface area is 192 Å². The number of aliphatic carboxylic acids is 1. The van der Waals surface area contributed by atoms with Crippen molar-refractivity contribution in [2.75, 3.05) is 5.75 Å². The lowest BCUT2D eigenvalue weighted by Gasteiger charge is -2.22. The molecule has 32 heavy (non-hydrogen) atoms. The Morgan fingerprint density at radius 1 is 0.906 bits per heavy atom. The highest BCUT2D eigenvalue weighted by Gasteiger charge is 2.27. The number of rotatable bonds is 12. The van der Waals surface area contributed by atoms with E-state index in [1.807, 2.05) is 74.5 Å². The lowest BCUT2D eigenvalue weighted by molar-refractivity contribution is -0.142. The first-order valence-corrected chi connectivity index (χ1v) is 11.6. The number of carboxylic acids is 1. The van der Waals surface area contributed by atoms with Gasteiger partial charge in [-0.15, -0.1) is 0 Å². The van der Waals surface area contributed by atoms with E-state index in [1.165, 1.54) is 11.8 Å². The lowest BCUT2D eigenvalue weighted by Crippen LogP contribution is -2.53. The van der Waals surface area contributed by atoms with Crippen LogP contribution in [0.4, 0.5) is 4.79 Å². The number of ether oxygens (including phenoxy) is 1. The minimum Gasteiger partial charge on any atom is -0.480 e. The summed E-state index contributed by atoms with van der Waals surface area (Å²) in [5, 5.41) is 14.6. The number of hydrogen-bond donors (Lipinski definition) is 3. The van der Waals surface area contributed by atoms with E-state index >= 15 is 0 Å². The van der Waals surface area contributed by atoms with Crippen LogP contribution in [-0.4, -0.2) is 40.9 Å². The average Bonchev–Trinajstić information content (AvgIpc) is 2.77. The Hall–Kier alpha value is -3.00. The molecule has 8 heteroatoms. The van der Waals surface area contributed by atoms with Crippen molar-refractivity contribution in [3.8, 4) is 0 Å². The molecule has 0 aliphatic heterocycles. The van der Waals surface area contributed by atoms with Gasteiger partial charge < -0.3 is 20.5 Å². The highest BCUT2D eigenvalue weighted by atomic mass is 32.2. The van der Waals surface area contributed by atoms with Gasteiger partial charge in [0.15, 0.2) is 0 Å². The third-order valence-corrected chi connectivity index (χ3v) is 5.65. The van der Waals surface area contributed by atoms with Gasteiger partial charge in [0, 0.05) is 11.5 Å². The van der Waals surface area contributed by atoms with Crippen LogP contribution >= 0.6 is 11.8 Å². The van der Waals surface area contributed by atoms with Gasteiger partial charge in [-0.25, -0.2) is 9.59 Å². The zero-order valence-electron chi connectivity index (χ0n) is 18.3. The number of carboxylic acid groups (broad SMARTS) is 1. The second-order valence-corrected chi connectivity index (χ2v) is 8.82. The predicted octanol–water partition coefficient (Wildman–Crippen LogP) is 3.83. The van der Waals surface area contributed by atoms with E-state index < -0.39 is 30.1 Å². The number of carbonyl (C=O) groups excluding carboxylic acids is 2. The molecule has 0 unspecified atom stereocenters. The van der Waals surface area contributed by atoms with E-state index in [9.17, 15) is 19.5 Å². The minimum atomic E-state index is -1.10. The van der Waals surface area contributed by atoms with E-state index in [0.717, 1.165) is 11.1 Å². The minimum absolute atomic E-state index is 0.0727. The number of hydrogen-bond acceptors (Lipinski definition) is 5. The van der Waals surface area contributed by atoms with Gasteiger partial charge in [-0.3, -0.25) is 4.79 Å². The molecular weight excluding hydrogens is 428 g/mol. The fourth-order valence-corrected chi connectivity index (χ4v) is 3.94. The summed E-state index contributed by atoms with van der Waals surface area (Å²) in [7, 11) is 0. The Morgan fingerprint density at radius 2 is 1.50 bits per heavy atom. The molecule has 0 fully saturated rings. The van der Waals surface area contributed by atoms with Gasteiger partial charge in [0.1, 0.15) is 18.7 Å². The monoisotopic (exact) mass is 458 g/mol. The molecule has 172 valence electrons. The van der Waals surface area contributed by atoms with Crippen LogP contribution in [0.1, 0.15) is 31.4 Å². The van der Waals surface area contributed by atoms with Crippen molar-refractivity contribution < 1.29 is 24.2 Å². The SMILES string of the molecule is CC(C)C[C@H](NC(=O)[C@@H](CSCc1ccccc1)NC(=O)OCc1ccccc1)C(=O)O. The molecule has 0 saturated carbocycles. The lowest BCUT2D eigenvalue weighted by atomic mass is 10.0. The molecule has 0 spiro atoms. The predicted molar refractivity (Wildman–Crippen MR) is 125 cm³/mol. The second kappa shape index (κ2) is 13.4. The Balaban J connectivity index is 1.98. The smallest absolute Gasteiger partial charge is 0.408 e. The third-order valence-electron chi connectivity index (χ3n) is 4.54. The summed E-state index contributed by atoms with van der Waals surface area (Å²) in [5.74, 6) is -0.634. The van der Waals surface area contributed by atoms with Crippen molar-refractivity contribution in [2.24, 2.45) is 5.92 Å². The van der Waals surface area contributed by atoms with E-state index in [4.69, 9.17) is 4.74 Å². The molecular formula is C24H30N2O5S. The summed E-state index contributed by atoms with van der Waals surface area (Å²) < 4.78 is 5.23. The maximum absolute atomic E-state index is 12.8. The maximum atomic E-state index is 12.8. The summed E-state index contributed by atoms with van der Waals surface area (Å²) in [5.41, 5.74) is 1.91. The quantitative estimate of drug-likeness (QED) is 0.447. The van der Waals surface area contributed by atoms with Gasteiger partial charge in [0.25, 0.3) is 0 Å². The van der Waals surface area contributed by atoms with Gasteiger partial charge in [0.05, 0.1) is 0 Å². The number of alkyl carbamates (subject to hydrolysis) is 1. The molecule has 0 radical (unpaired) electrons. The van der Waals surface area contributed by atoms with E-state index in [2.05, 4.69) is 10.6 Å². The summed E-state index contributed by atoms with van der Waals surface area (Å²) in [6.07, 6.45) is -0.436. The molecule has 2 aromatic carbocycles. The van der Waals surface area contributed by atoms with E-state index in [0.29, 0.717) is 12.2 Å². The van der Waals surface area contributed by atoms with Crippen molar-refractivity contribution in [1.82, 2.24) is 10.6 Å². The van der Waals surface area contributed by atoms with Crippen molar-refractivity contribution in [1.29, 1.82) is 0 Å². The van der Waals surface area contributed by atoms with Crippen LogP contribution < -0.4 is 10.6 Å². The molecule has 0 aromatic heterocycles. The van der Waals surface area contributed by atoms with Gasteiger partial charge in [-0.05, 0) is 23.5 Å². The molecule has 0 heterocycles.